The van der Waals surface area contributed by atoms with Crippen LogP contribution >= 0.6 is 0 Å². The van der Waals surface area contributed by atoms with Crippen molar-refractivity contribution in [3.8, 4) is 0 Å². The highest BCUT2D eigenvalue weighted by atomic mass is 16.3. The molecule has 1 N–H and O–H groups in total. The summed E-state index contributed by atoms with van der Waals surface area (Å²) in [5.74, 6) is 0. The fourth-order valence-corrected chi connectivity index (χ4v) is 2.16. The van der Waals surface area contributed by atoms with Crippen molar-refractivity contribution in [3.63, 3.8) is 0 Å². The number of allylic oxidation sites excluding steroid dienone is 1. The molecule has 1 heterocycles. The van der Waals surface area contributed by atoms with Gasteiger partial charge in [-0.2, -0.15) is 0 Å². The predicted molar refractivity (Wildman–Crippen MR) is 53.5 cm³/mol. The number of likely N-dealkylation sites (tertiary alicyclic amines) is 1. The zero-order valence-electron chi connectivity index (χ0n) is 8.58. The Balaban J connectivity index is 1.87. The molecule has 0 radical (unpaired) electrons. The lowest BCUT2D eigenvalue weighted by molar-refractivity contribution is 0.132. The second kappa shape index (κ2) is 3.10. The van der Waals surface area contributed by atoms with Crippen molar-refractivity contribution in [1.82, 2.24) is 4.90 Å². The SMILES string of the molecule is CC(C)=CCN1CC(O)C2(CC2)C1. The molecule has 2 fully saturated rings. The van der Waals surface area contributed by atoms with Gasteiger partial charge in [-0.05, 0) is 26.7 Å². The molecule has 1 saturated carbocycles. The number of hydrogen-bond donors (Lipinski definition) is 1. The van der Waals surface area contributed by atoms with Crippen LogP contribution in [0.5, 0.6) is 0 Å². The van der Waals surface area contributed by atoms with Crippen LogP contribution < -0.4 is 0 Å². The zero-order valence-corrected chi connectivity index (χ0v) is 8.58. The molecule has 13 heavy (non-hydrogen) atoms. The van der Waals surface area contributed by atoms with Gasteiger partial charge in [-0.15, -0.1) is 0 Å². The molecule has 2 heteroatoms. The van der Waals surface area contributed by atoms with Crippen molar-refractivity contribution >= 4 is 0 Å². The van der Waals surface area contributed by atoms with Crippen molar-refractivity contribution in [1.29, 1.82) is 0 Å². The van der Waals surface area contributed by atoms with Crippen molar-refractivity contribution in [2.24, 2.45) is 5.41 Å². The van der Waals surface area contributed by atoms with Gasteiger partial charge >= 0.3 is 0 Å². The number of nitrogens with zero attached hydrogens (tertiary/aromatic N) is 1. The molecule has 2 rings (SSSR count). The Bertz CT molecular complexity index is 226. The zero-order chi connectivity index (χ0) is 9.47. The molecule has 0 aromatic carbocycles. The molecule has 2 aliphatic rings. The molecule has 2 nitrogen and oxygen atoms in total. The molecule has 1 aliphatic heterocycles. The maximum Gasteiger partial charge on any atom is 0.0735 e. The molecule has 1 spiro atoms. The van der Waals surface area contributed by atoms with Gasteiger partial charge < -0.3 is 5.11 Å². The monoisotopic (exact) mass is 181 g/mol. The van der Waals surface area contributed by atoms with Crippen LogP contribution in [0.3, 0.4) is 0 Å². The minimum absolute atomic E-state index is 0.0573. The summed E-state index contributed by atoms with van der Waals surface area (Å²) in [6.07, 6.45) is 4.66. The van der Waals surface area contributed by atoms with Crippen LogP contribution in [-0.2, 0) is 0 Å². The molecule has 0 aromatic heterocycles. The highest BCUT2D eigenvalue weighted by Gasteiger charge is 2.54. The van der Waals surface area contributed by atoms with Crippen LogP contribution in [0, 0.1) is 5.41 Å². The number of aliphatic hydroxyl groups excluding tert-OH is 1. The van der Waals surface area contributed by atoms with Crippen molar-refractivity contribution in [3.05, 3.63) is 11.6 Å². The van der Waals surface area contributed by atoms with Gasteiger partial charge in [0, 0.05) is 25.0 Å². The van der Waals surface area contributed by atoms with Gasteiger partial charge in [0.25, 0.3) is 0 Å². The third kappa shape index (κ3) is 1.79. The van der Waals surface area contributed by atoms with Crippen LogP contribution in [0.15, 0.2) is 11.6 Å². The maximum absolute atomic E-state index is 9.79. The van der Waals surface area contributed by atoms with Gasteiger partial charge in [0.2, 0.25) is 0 Å². The Morgan fingerprint density at radius 1 is 1.54 bits per heavy atom. The molecular weight excluding hydrogens is 162 g/mol. The van der Waals surface area contributed by atoms with E-state index in [0.717, 1.165) is 19.6 Å². The molecule has 1 saturated heterocycles. The smallest absolute Gasteiger partial charge is 0.0735 e. The summed E-state index contributed by atoms with van der Waals surface area (Å²) < 4.78 is 0. The Morgan fingerprint density at radius 3 is 2.69 bits per heavy atom. The molecule has 1 atom stereocenters. The Hall–Kier alpha value is -0.340. The molecular formula is C11H19NO. The summed E-state index contributed by atoms with van der Waals surface area (Å²) in [5, 5.41) is 9.79. The lowest BCUT2D eigenvalue weighted by atomic mass is 10.0. The average molecular weight is 181 g/mol. The first-order valence-corrected chi connectivity index (χ1v) is 5.16. The summed E-state index contributed by atoms with van der Waals surface area (Å²) in [4.78, 5) is 2.37. The number of β-amino-alcohol motifs (C(OH)–C–C–N with tert-alkyl or cyclic N) is 1. The standard InChI is InChI=1S/C11H19NO/c1-9(2)3-6-12-7-10(13)11(8-12)4-5-11/h3,10,13H,4-8H2,1-2H3. The summed E-state index contributed by atoms with van der Waals surface area (Å²) in [6.45, 7) is 7.25. The predicted octanol–water partition coefficient (Wildman–Crippen LogP) is 1.41. The van der Waals surface area contributed by atoms with E-state index in [4.69, 9.17) is 0 Å². The van der Waals surface area contributed by atoms with Crippen LogP contribution in [0.25, 0.3) is 0 Å². The van der Waals surface area contributed by atoms with Gasteiger partial charge in [-0.3, -0.25) is 4.90 Å². The van der Waals surface area contributed by atoms with E-state index in [1.54, 1.807) is 0 Å². The second-order valence-electron chi connectivity index (χ2n) is 4.85. The van der Waals surface area contributed by atoms with Gasteiger partial charge in [0.05, 0.1) is 6.10 Å². The molecule has 74 valence electrons. The largest absolute Gasteiger partial charge is 0.391 e. The molecule has 1 unspecified atom stereocenters. The summed E-state index contributed by atoms with van der Waals surface area (Å²) in [6, 6.07) is 0. The van der Waals surface area contributed by atoms with Crippen LogP contribution in [-0.4, -0.2) is 35.7 Å². The first-order valence-electron chi connectivity index (χ1n) is 5.16. The van der Waals surface area contributed by atoms with Gasteiger partial charge in [0.15, 0.2) is 0 Å². The number of hydrogen-bond acceptors (Lipinski definition) is 2. The van der Waals surface area contributed by atoms with Crippen LogP contribution in [0.2, 0.25) is 0 Å². The van der Waals surface area contributed by atoms with Crippen molar-refractivity contribution in [2.75, 3.05) is 19.6 Å². The van der Waals surface area contributed by atoms with Crippen LogP contribution in [0.1, 0.15) is 26.7 Å². The maximum atomic E-state index is 9.79. The molecule has 1 aliphatic carbocycles. The fourth-order valence-electron chi connectivity index (χ4n) is 2.16. The first-order chi connectivity index (χ1) is 6.12. The van der Waals surface area contributed by atoms with Crippen molar-refractivity contribution < 1.29 is 5.11 Å². The quantitative estimate of drug-likeness (QED) is 0.651. The Kier molecular flexibility index (Phi) is 2.20. The summed E-state index contributed by atoms with van der Waals surface area (Å²) >= 11 is 0. The van der Waals surface area contributed by atoms with E-state index in [-0.39, 0.29) is 6.10 Å². The van der Waals surface area contributed by atoms with Gasteiger partial charge in [-0.25, -0.2) is 0 Å². The normalized spacial score (nSPS) is 30.8. The van der Waals surface area contributed by atoms with Crippen molar-refractivity contribution in [2.45, 2.75) is 32.8 Å². The minimum Gasteiger partial charge on any atom is -0.391 e. The van der Waals surface area contributed by atoms with E-state index in [1.807, 2.05) is 0 Å². The van der Waals surface area contributed by atoms with E-state index < -0.39 is 0 Å². The highest BCUT2D eigenvalue weighted by molar-refractivity contribution is 5.08. The third-order valence-corrected chi connectivity index (χ3v) is 3.33. The van der Waals surface area contributed by atoms with E-state index in [2.05, 4.69) is 24.8 Å². The van der Waals surface area contributed by atoms with E-state index in [1.165, 1.54) is 18.4 Å². The average Bonchev–Trinajstić information content (AvgIpc) is 2.73. The van der Waals surface area contributed by atoms with E-state index in [9.17, 15) is 5.11 Å². The lowest BCUT2D eigenvalue weighted by Crippen LogP contribution is -2.22. The second-order valence-corrected chi connectivity index (χ2v) is 4.85. The van der Waals surface area contributed by atoms with Gasteiger partial charge in [-0.1, -0.05) is 11.6 Å². The van der Waals surface area contributed by atoms with E-state index in [0.29, 0.717) is 5.41 Å². The van der Waals surface area contributed by atoms with Gasteiger partial charge in [0.1, 0.15) is 0 Å². The summed E-state index contributed by atoms with van der Waals surface area (Å²) in [5.41, 5.74) is 1.68. The number of aliphatic hydroxyl groups is 1. The van der Waals surface area contributed by atoms with Crippen LogP contribution in [0.4, 0.5) is 0 Å². The minimum atomic E-state index is -0.0573. The lowest BCUT2D eigenvalue weighted by Gasteiger charge is -2.12. The summed E-state index contributed by atoms with van der Waals surface area (Å²) in [7, 11) is 0. The fraction of sp³-hybridized carbons (Fsp3) is 0.818. The molecule has 0 amide bonds. The number of rotatable bonds is 2. The third-order valence-electron chi connectivity index (χ3n) is 3.33. The molecule has 0 bridgehead atoms. The van der Waals surface area contributed by atoms with E-state index >= 15 is 0 Å². The topological polar surface area (TPSA) is 23.5 Å². The first kappa shape index (κ1) is 9.22. The Labute approximate surface area is 80.2 Å². The Morgan fingerprint density at radius 2 is 2.23 bits per heavy atom. The highest BCUT2D eigenvalue weighted by Crippen LogP contribution is 2.52. The molecule has 0 aromatic rings.